The lowest BCUT2D eigenvalue weighted by Crippen LogP contribution is -2.29. The van der Waals surface area contributed by atoms with E-state index in [1.54, 1.807) is 24.0 Å². The highest BCUT2D eigenvalue weighted by Crippen LogP contribution is 2.30. The standard InChI is InChI=1S/C29H25N7O4/c1-4-29(3,40-28(37)21-5-7-24(8-6-21)36(38)39)26-18-34(33-32-26)17-20-10-12-35-25(14-20)15-23(16-30)27(35)22-9-11-31-19(2)13-22/h5-15,18H,4,17H2,1-3H3. The molecular formula is C29H25N7O4. The first kappa shape index (κ1) is 26.2. The average molecular weight is 536 g/mol. The summed E-state index contributed by atoms with van der Waals surface area (Å²) >= 11 is 0. The fraction of sp³-hybridized carbons (Fsp3) is 0.207. The number of aryl methyl sites for hydroxylation is 1. The van der Waals surface area contributed by atoms with E-state index in [1.807, 2.05) is 54.8 Å². The summed E-state index contributed by atoms with van der Waals surface area (Å²) in [5.41, 5.74) is 4.51. The van der Waals surface area contributed by atoms with Crippen LogP contribution < -0.4 is 0 Å². The molecule has 0 saturated carbocycles. The van der Waals surface area contributed by atoms with Gasteiger partial charge in [-0.05, 0) is 68.3 Å². The SMILES string of the molecule is CCC(C)(OC(=O)c1ccc([N+](=O)[O-])cc1)c1cn(Cc2ccn3c(-c4ccnc(C)c4)c(C#N)cc3c2)nn1. The molecule has 4 heterocycles. The summed E-state index contributed by atoms with van der Waals surface area (Å²) in [5.74, 6) is -0.610. The van der Waals surface area contributed by atoms with Crippen LogP contribution in [0.4, 0.5) is 5.69 Å². The predicted octanol–water partition coefficient (Wildman–Crippen LogP) is 5.21. The maximum Gasteiger partial charge on any atom is 0.339 e. The molecule has 200 valence electrons. The van der Waals surface area contributed by atoms with Crippen molar-refractivity contribution in [2.45, 2.75) is 39.3 Å². The Morgan fingerprint density at radius 1 is 1.18 bits per heavy atom. The number of nitro benzene ring substituents is 1. The van der Waals surface area contributed by atoms with Gasteiger partial charge in [-0.2, -0.15) is 5.26 Å². The van der Waals surface area contributed by atoms with Gasteiger partial charge in [-0.25, -0.2) is 9.48 Å². The number of benzene rings is 1. The zero-order chi connectivity index (χ0) is 28.4. The third kappa shape index (κ3) is 5.02. The monoisotopic (exact) mass is 535 g/mol. The Labute approximate surface area is 229 Å². The molecule has 40 heavy (non-hydrogen) atoms. The number of aromatic nitrogens is 5. The summed E-state index contributed by atoms with van der Waals surface area (Å²) in [6.45, 7) is 5.95. The molecule has 0 N–H and O–H groups in total. The number of non-ortho nitro benzene ring substituents is 1. The molecule has 11 heteroatoms. The molecule has 1 aromatic carbocycles. The molecule has 4 aromatic heterocycles. The number of hydrogen-bond acceptors (Lipinski definition) is 8. The van der Waals surface area contributed by atoms with Gasteiger partial charge < -0.3 is 9.14 Å². The van der Waals surface area contributed by atoms with E-state index in [0.29, 0.717) is 24.2 Å². The van der Waals surface area contributed by atoms with Gasteiger partial charge in [-0.1, -0.05) is 12.1 Å². The van der Waals surface area contributed by atoms with Crippen molar-refractivity contribution in [3.05, 3.63) is 111 Å². The van der Waals surface area contributed by atoms with E-state index in [0.717, 1.165) is 28.0 Å². The first-order chi connectivity index (χ1) is 19.2. The normalized spacial score (nSPS) is 12.6. The van der Waals surface area contributed by atoms with Gasteiger partial charge in [0.05, 0.1) is 34.5 Å². The highest BCUT2D eigenvalue weighted by atomic mass is 16.6. The van der Waals surface area contributed by atoms with Gasteiger partial charge in [-0.3, -0.25) is 15.1 Å². The molecule has 0 fully saturated rings. The lowest BCUT2D eigenvalue weighted by atomic mass is 9.99. The molecule has 0 aliphatic heterocycles. The van der Waals surface area contributed by atoms with Crippen molar-refractivity contribution in [3.8, 4) is 17.3 Å². The summed E-state index contributed by atoms with van der Waals surface area (Å²) in [7, 11) is 0. The first-order valence-corrected chi connectivity index (χ1v) is 12.6. The van der Waals surface area contributed by atoms with Gasteiger partial charge >= 0.3 is 5.97 Å². The number of carbonyl (C=O) groups excluding carboxylic acids is 1. The van der Waals surface area contributed by atoms with Crippen LogP contribution in [0.15, 0.2) is 73.2 Å². The number of fused-ring (bicyclic) bond motifs is 1. The number of nitrogens with zero attached hydrogens (tertiary/aromatic N) is 7. The molecule has 0 radical (unpaired) electrons. The number of pyridine rings is 2. The summed E-state index contributed by atoms with van der Waals surface area (Å²) in [6, 6.07) is 17.2. The zero-order valence-electron chi connectivity index (χ0n) is 22.1. The Morgan fingerprint density at radius 3 is 2.62 bits per heavy atom. The Balaban J connectivity index is 1.36. The van der Waals surface area contributed by atoms with Gasteiger partial charge in [0.25, 0.3) is 5.69 Å². The summed E-state index contributed by atoms with van der Waals surface area (Å²) < 4.78 is 9.44. The largest absolute Gasteiger partial charge is 0.449 e. The lowest BCUT2D eigenvalue weighted by Gasteiger charge is -2.26. The molecule has 1 atom stereocenters. The van der Waals surface area contributed by atoms with E-state index < -0.39 is 16.5 Å². The molecule has 0 saturated heterocycles. The van der Waals surface area contributed by atoms with Crippen LogP contribution in [0.25, 0.3) is 16.8 Å². The molecule has 5 aromatic rings. The van der Waals surface area contributed by atoms with Gasteiger partial charge in [0.15, 0.2) is 5.60 Å². The number of esters is 1. The number of carbonyl (C=O) groups is 1. The summed E-state index contributed by atoms with van der Waals surface area (Å²) in [5, 5.41) is 29.2. The lowest BCUT2D eigenvalue weighted by molar-refractivity contribution is -0.384. The second kappa shape index (κ2) is 10.4. The molecule has 0 aliphatic carbocycles. The molecule has 0 amide bonds. The molecule has 5 rings (SSSR count). The molecule has 0 spiro atoms. The van der Waals surface area contributed by atoms with Crippen LogP contribution in [0, 0.1) is 28.4 Å². The van der Waals surface area contributed by atoms with E-state index in [9.17, 15) is 20.2 Å². The van der Waals surface area contributed by atoms with E-state index in [4.69, 9.17) is 4.74 Å². The predicted molar refractivity (Wildman–Crippen MR) is 145 cm³/mol. The highest BCUT2D eigenvalue weighted by Gasteiger charge is 2.33. The molecule has 1 unspecified atom stereocenters. The number of nitro groups is 1. The topological polar surface area (TPSA) is 141 Å². The second-order valence-corrected chi connectivity index (χ2v) is 9.61. The first-order valence-electron chi connectivity index (χ1n) is 12.6. The van der Waals surface area contributed by atoms with Crippen LogP contribution in [0.2, 0.25) is 0 Å². The molecule has 0 aliphatic rings. The van der Waals surface area contributed by atoms with Gasteiger partial charge in [0.1, 0.15) is 11.8 Å². The number of rotatable bonds is 8. The Hall–Kier alpha value is -5.37. The Bertz CT molecular complexity index is 1780. The average Bonchev–Trinajstić information content (AvgIpc) is 3.57. The number of ether oxygens (including phenoxy) is 1. The minimum absolute atomic E-state index is 0.108. The minimum atomic E-state index is -1.05. The second-order valence-electron chi connectivity index (χ2n) is 9.61. The smallest absolute Gasteiger partial charge is 0.339 e. The summed E-state index contributed by atoms with van der Waals surface area (Å²) in [4.78, 5) is 27.4. The molecular weight excluding hydrogens is 510 g/mol. The van der Waals surface area contributed by atoms with Crippen LogP contribution in [0.5, 0.6) is 0 Å². The van der Waals surface area contributed by atoms with Crippen molar-refractivity contribution < 1.29 is 14.5 Å². The van der Waals surface area contributed by atoms with Crippen molar-refractivity contribution in [2.75, 3.05) is 0 Å². The van der Waals surface area contributed by atoms with Crippen molar-refractivity contribution in [1.82, 2.24) is 24.4 Å². The van der Waals surface area contributed by atoms with Crippen LogP contribution in [0.1, 0.15) is 53.1 Å². The number of nitriles is 1. The van der Waals surface area contributed by atoms with E-state index in [2.05, 4.69) is 21.4 Å². The summed E-state index contributed by atoms with van der Waals surface area (Å²) in [6.07, 6.45) is 5.83. The fourth-order valence-electron chi connectivity index (χ4n) is 4.49. The van der Waals surface area contributed by atoms with Crippen LogP contribution in [-0.2, 0) is 16.9 Å². The van der Waals surface area contributed by atoms with E-state index in [-0.39, 0.29) is 11.3 Å². The van der Waals surface area contributed by atoms with Gasteiger partial charge in [-0.15, -0.1) is 5.10 Å². The molecule has 11 nitrogen and oxygen atoms in total. The van der Waals surface area contributed by atoms with Crippen molar-refractivity contribution >= 4 is 17.2 Å². The minimum Gasteiger partial charge on any atom is -0.449 e. The van der Waals surface area contributed by atoms with Crippen molar-refractivity contribution in [3.63, 3.8) is 0 Å². The molecule has 0 bridgehead atoms. The van der Waals surface area contributed by atoms with Gasteiger partial charge in [0, 0.05) is 41.3 Å². The van der Waals surface area contributed by atoms with E-state index in [1.165, 1.54) is 24.3 Å². The Morgan fingerprint density at radius 2 is 1.95 bits per heavy atom. The number of hydrogen-bond donors (Lipinski definition) is 0. The zero-order valence-corrected chi connectivity index (χ0v) is 22.1. The van der Waals surface area contributed by atoms with Crippen LogP contribution in [0.3, 0.4) is 0 Å². The van der Waals surface area contributed by atoms with Crippen molar-refractivity contribution in [2.24, 2.45) is 0 Å². The highest BCUT2D eigenvalue weighted by molar-refractivity contribution is 5.90. The Kier molecular flexibility index (Phi) is 6.83. The maximum atomic E-state index is 12.8. The van der Waals surface area contributed by atoms with Crippen LogP contribution >= 0.6 is 0 Å². The quantitative estimate of drug-likeness (QED) is 0.150. The van der Waals surface area contributed by atoms with Crippen LogP contribution in [-0.4, -0.2) is 35.3 Å². The maximum absolute atomic E-state index is 12.8. The fourth-order valence-corrected chi connectivity index (χ4v) is 4.49. The van der Waals surface area contributed by atoms with Gasteiger partial charge in [0.2, 0.25) is 0 Å². The van der Waals surface area contributed by atoms with Crippen molar-refractivity contribution in [1.29, 1.82) is 5.26 Å². The third-order valence-electron chi connectivity index (χ3n) is 6.86. The third-order valence-corrected chi connectivity index (χ3v) is 6.86. The van der Waals surface area contributed by atoms with E-state index >= 15 is 0 Å².